The Morgan fingerprint density at radius 3 is 2.21 bits per heavy atom. The maximum atomic E-state index is 11.4. The monoisotopic (exact) mass is 262 g/mol. The SMILES string of the molecule is Cc1cc(C)c(/C=N/NC(=O)OC(C)(C)C)c(C)c1. The molecule has 1 amide bonds. The fraction of sp³-hybridized carbons (Fsp3) is 0.467. The topological polar surface area (TPSA) is 50.7 Å². The summed E-state index contributed by atoms with van der Waals surface area (Å²) in [7, 11) is 0. The van der Waals surface area contributed by atoms with Crippen LogP contribution in [0.5, 0.6) is 0 Å². The molecule has 0 saturated carbocycles. The average Bonchev–Trinajstić information content (AvgIpc) is 2.19. The van der Waals surface area contributed by atoms with Crippen LogP contribution < -0.4 is 5.43 Å². The minimum Gasteiger partial charge on any atom is -0.443 e. The van der Waals surface area contributed by atoms with E-state index in [2.05, 4.69) is 29.6 Å². The third-order valence-corrected chi connectivity index (χ3v) is 2.49. The van der Waals surface area contributed by atoms with E-state index in [1.807, 2.05) is 34.6 Å². The molecule has 0 bridgehead atoms. The number of nitrogens with one attached hydrogen (secondary N) is 1. The molecule has 0 saturated heterocycles. The smallest absolute Gasteiger partial charge is 0.428 e. The molecule has 0 aliphatic heterocycles. The first-order chi connectivity index (χ1) is 8.69. The molecular weight excluding hydrogens is 240 g/mol. The van der Waals surface area contributed by atoms with Crippen LogP contribution in [0.2, 0.25) is 0 Å². The van der Waals surface area contributed by atoms with Crippen molar-refractivity contribution >= 4 is 12.3 Å². The van der Waals surface area contributed by atoms with E-state index in [1.165, 1.54) is 5.56 Å². The molecule has 1 aromatic rings. The normalized spacial score (nSPS) is 11.7. The van der Waals surface area contributed by atoms with E-state index in [0.717, 1.165) is 16.7 Å². The van der Waals surface area contributed by atoms with Crippen molar-refractivity contribution in [2.75, 3.05) is 0 Å². The van der Waals surface area contributed by atoms with E-state index in [-0.39, 0.29) is 0 Å². The van der Waals surface area contributed by atoms with E-state index in [1.54, 1.807) is 6.21 Å². The number of hydrogen-bond donors (Lipinski definition) is 1. The summed E-state index contributed by atoms with van der Waals surface area (Å²) in [6, 6.07) is 4.17. The van der Waals surface area contributed by atoms with Gasteiger partial charge in [-0.25, -0.2) is 10.2 Å². The number of benzene rings is 1. The summed E-state index contributed by atoms with van der Waals surface area (Å²) in [5.74, 6) is 0. The van der Waals surface area contributed by atoms with Gasteiger partial charge in [-0.1, -0.05) is 17.7 Å². The predicted octanol–water partition coefficient (Wildman–Crippen LogP) is 3.47. The van der Waals surface area contributed by atoms with Crippen LogP contribution >= 0.6 is 0 Å². The average molecular weight is 262 g/mol. The number of ether oxygens (including phenoxy) is 1. The molecule has 0 heterocycles. The van der Waals surface area contributed by atoms with Crippen LogP contribution in [0.4, 0.5) is 4.79 Å². The molecule has 1 N–H and O–H groups in total. The molecule has 4 heteroatoms. The lowest BCUT2D eigenvalue weighted by Gasteiger charge is -2.18. The van der Waals surface area contributed by atoms with Gasteiger partial charge >= 0.3 is 6.09 Å². The zero-order valence-corrected chi connectivity index (χ0v) is 12.5. The molecule has 0 aliphatic rings. The highest BCUT2D eigenvalue weighted by Crippen LogP contribution is 2.14. The van der Waals surface area contributed by atoms with Gasteiger partial charge in [0.1, 0.15) is 5.60 Å². The summed E-state index contributed by atoms with van der Waals surface area (Å²) in [6.07, 6.45) is 1.10. The molecule has 0 unspecified atom stereocenters. The van der Waals surface area contributed by atoms with E-state index < -0.39 is 11.7 Å². The van der Waals surface area contributed by atoms with Crippen LogP contribution in [0.15, 0.2) is 17.2 Å². The maximum absolute atomic E-state index is 11.4. The standard InChI is InChI=1S/C15H22N2O2/c1-10-7-11(2)13(12(3)8-10)9-16-17-14(18)19-15(4,5)6/h7-9H,1-6H3,(H,17,18)/b16-9+. The van der Waals surface area contributed by atoms with Gasteiger partial charge in [-0.2, -0.15) is 5.10 Å². The molecule has 1 rings (SSSR count). The Labute approximate surface area is 114 Å². The van der Waals surface area contributed by atoms with Crippen LogP contribution in [0.25, 0.3) is 0 Å². The van der Waals surface area contributed by atoms with Gasteiger partial charge in [-0.3, -0.25) is 0 Å². The van der Waals surface area contributed by atoms with Crippen molar-refractivity contribution in [1.29, 1.82) is 0 Å². The Bertz CT molecular complexity index is 476. The van der Waals surface area contributed by atoms with Crippen molar-refractivity contribution in [2.24, 2.45) is 5.10 Å². The fourth-order valence-electron chi connectivity index (χ4n) is 1.85. The minimum atomic E-state index is -0.550. The number of carbonyl (C=O) groups excluding carboxylic acids is 1. The summed E-state index contributed by atoms with van der Waals surface area (Å²) < 4.78 is 5.09. The van der Waals surface area contributed by atoms with Gasteiger partial charge in [0.15, 0.2) is 0 Å². The molecule has 0 radical (unpaired) electrons. The van der Waals surface area contributed by atoms with Crippen molar-refractivity contribution in [3.63, 3.8) is 0 Å². The van der Waals surface area contributed by atoms with Crippen LogP contribution in [0, 0.1) is 20.8 Å². The Balaban J connectivity index is 2.71. The molecular formula is C15H22N2O2. The van der Waals surface area contributed by atoms with Gasteiger partial charge in [-0.05, 0) is 52.7 Å². The first-order valence-corrected chi connectivity index (χ1v) is 6.29. The second kappa shape index (κ2) is 5.87. The number of amides is 1. The molecule has 0 aromatic heterocycles. The highest BCUT2D eigenvalue weighted by Gasteiger charge is 2.15. The third-order valence-electron chi connectivity index (χ3n) is 2.49. The van der Waals surface area contributed by atoms with Crippen molar-refractivity contribution < 1.29 is 9.53 Å². The first-order valence-electron chi connectivity index (χ1n) is 6.29. The predicted molar refractivity (Wildman–Crippen MR) is 77.6 cm³/mol. The highest BCUT2D eigenvalue weighted by molar-refractivity contribution is 5.84. The number of carbonyl (C=O) groups is 1. The van der Waals surface area contributed by atoms with Crippen molar-refractivity contribution in [3.8, 4) is 0 Å². The number of nitrogens with zero attached hydrogens (tertiary/aromatic N) is 1. The zero-order valence-electron chi connectivity index (χ0n) is 12.5. The van der Waals surface area contributed by atoms with Gasteiger partial charge in [-0.15, -0.1) is 0 Å². The van der Waals surface area contributed by atoms with Crippen molar-refractivity contribution in [3.05, 3.63) is 34.4 Å². The minimum absolute atomic E-state index is 0.519. The van der Waals surface area contributed by atoms with Gasteiger partial charge in [0.2, 0.25) is 0 Å². The van der Waals surface area contributed by atoms with E-state index in [4.69, 9.17) is 4.74 Å². The number of aryl methyl sites for hydroxylation is 3. The van der Waals surface area contributed by atoms with E-state index >= 15 is 0 Å². The Morgan fingerprint density at radius 2 is 1.74 bits per heavy atom. The third kappa shape index (κ3) is 5.12. The first kappa shape index (κ1) is 15.2. The van der Waals surface area contributed by atoms with Crippen molar-refractivity contribution in [2.45, 2.75) is 47.1 Å². The second-order valence-electron chi connectivity index (χ2n) is 5.68. The van der Waals surface area contributed by atoms with Crippen LogP contribution in [0.1, 0.15) is 43.0 Å². The molecule has 0 fully saturated rings. The highest BCUT2D eigenvalue weighted by atomic mass is 16.6. The summed E-state index contributed by atoms with van der Waals surface area (Å²) in [5, 5.41) is 3.93. The van der Waals surface area contributed by atoms with Gasteiger partial charge in [0.25, 0.3) is 0 Å². The summed E-state index contributed by atoms with van der Waals surface area (Å²) in [5.41, 5.74) is 6.34. The van der Waals surface area contributed by atoms with Crippen LogP contribution in [-0.2, 0) is 4.74 Å². The largest absolute Gasteiger partial charge is 0.443 e. The van der Waals surface area contributed by atoms with Crippen LogP contribution in [0.3, 0.4) is 0 Å². The summed E-state index contributed by atoms with van der Waals surface area (Å²) >= 11 is 0. The van der Waals surface area contributed by atoms with Gasteiger partial charge < -0.3 is 4.74 Å². The lowest BCUT2D eigenvalue weighted by Crippen LogP contribution is -2.29. The Hall–Kier alpha value is -1.84. The maximum Gasteiger partial charge on any atom is 0.428 e. The molecule has 0 atom stereocenters. The molecule has 4 nitrogen and oxygen atoms in total. The molecule has 104 valence electrons. The van der Waals surface area contributed by atoms with Crippen LogP contribution in [-0.4, -0.2) is 17.9 Å². The van der Waals surface area contributed by atoms with E-state index in [9.17, 15) is 4.79 Å². The fourth-order valence-corrected chi connectivity index (χ4v) is 1.85. The molecule has 0 spiro atoms. The van der Waals surface area contributed by atoms with Crippen molar-refractivity contribution in [1.82, 2.24) is 5.43 Å². The number of rotatable bonds is 2. The van der Waals surface area contributed by atoms with Gasteiger partial charge in [0, 0.05) is 5.56 Å². The quantitative estimate of drug-likeness (QED) is 0.655. The number of hydrazone groups is 1. The molecule has 1 aromatic carbocycles. The van der Waals surface area contributed by atoms with Gasteiger partial charge in [0.05, 0.1) is 6.21 Å². The Morgan fingerprint density at radius 1 is 1.21 bits per heavy atom. The molecule has 0 aliphatic carbocycles. The van der Waals surface area contributed by atoms with E-state index in [0.29, 0.717) is 0 Å². The summed E-state index contributed by atoms with van der Waals surface area (Å²) in [6.45, 7) is 11.5. The molecule has 19 heavy (non-hydrogen) atoms. The second-order valence-corrected chi connectivity index (χ2v) is 5.68. The zero-order chi connectivity index (χ0) is 14.6. The lowest BCUT2D eigenvalue weighted by atomic mass is 10.0. The lowest BCUT2D eigenvalue weighted by molar-refractivity contribution is 0.0529. The number of hydrogen-bond acceptors (Lipinski definition) is 3. The Kier molecular flexibility index (Phi) is 4.70. The summed E-state index contributed by atoms with van der Waals surface area (Å²) in [4.78, 5) is 11.4.